The second-order valence-electron chi connectivity index (χ2n) is 7.40. The zero-order chi connectivity index (χ0) is 25.5. The van der Waals surface area contributed by atoms with E-state index in [1.165, 1.54) is 45.3 Å². The molecule has 2 aromatic carbocycles. The number of hydrogen-bond donors (Lipinski definition) is 0. The molecule has 184 valence electrons. The Kier molecular flexibility index (Phi) is 8.21. The van der Waals surface area contributed by atoms with Gasteiger partial charge >= 0.3 is 17.9 Å². The monoisotopic (exact) mass is 483 g/mol. The van der Waals surface area contributed by atoms with Gasteiger partial charge in [0.2, 0.25) is 5.78 Å². The van der Waals surface area contributed by atoms with Crippen molar-refractivity contribution in [2.45, 2.75) is 13.0 Å². The highest BCUT2D eigenvalue weighted by Gasteiger charge is 2.32. The second-order valence-corrected chi connectivity index (χ2v) is 7.40. The molecule has 1 unspecified atom stereocenters. The Morgan fingerprint density at radius 3 is 2.00 bits per heavy atom. The third kappa shape index (κ3) is 5.67. The van der Waals surface area contributed by atoms with Gasteiger partial charge in [0.15, 0.2) is 6.10 Å². The molecule has 1 atom stereocenters. The summed E-state index contributed by atoms with van der Waals surface area (Å²) in [6.45, 7) is 1.35. The number of nitrogens with zero attached hydrogens (tertiary/aromatic N) is 1. The van der Waals surface area contributed by atoms with Gasteiger partial charge in [-0.1, -0.05) is 0 Å². The summed E-state index contributed by atoms with van der Waals surface area (Å²) in [6, 6.07) is 12.5. The van der Waals surface area contributed by atoms with E-state index in [-0.39, 0.29) is 36.0 Å². The van der Waals surface area contributed by atoms with Gasteiger partial charge in [-0.05, 0) is 55.5 Å². The molecule has 0 saturated heterocycles. The fourth-order valence-electron chi connectivity index (χ4n) is 3.40. The number of ketones is 1. The third-order valence-electron chi connectivity index (χ3n) is 5.28. The van der Waals surface area contributed by atoms with Crippen molar-refractivity contribution >= 4 is 29.4 Å². The molecule has 0 fully saturated rings. The van der Waals surface area contributed by atoms with Crippen LogP contribution < -0.4 is 9.64 Å². The van der Waals surface area contributed by atoms with Crippen molar-refractivity contribution < 1.29 is 42.9 Å². The molecule has 1 heterocycles. The number of anilines is 1. The molecule has 10 nitrogen and oxygen atoms in total. The van der Waals surface area contributed by atoms with Gasteiger partial charge in [-0.2, -0.15) is 0 Å². The van der Waals surface area contributed by atoms with E-state index < -0.39 is 24.0 Å². The molecule has 0 aromatic heterocycles. The van der Waals surface area contributed by atoms with Crippen LogP contribution in [0, 0.1) is 0 Å². The standard InChI is InChI=1S/C25H25NO9/c1-15(22(27)16-7-11-19(31-2)12-8-16)35-23(28)17-5-9-18(10-6-17)26-14-34-13-20(24(29)32-3)21(26)25(30)33-4/h5-12,15H,13-14H2,1-4H3. The quantitative estimate of drug-likeness (QED) is 0.315. The van der Waals surface area contributed by atoms with E-state index in [1.54, 1.807) is 36.4 Å². The highest BCUT2D eigenvalue weighted by Crippen LogP contribution is 2.27. The van der Waals surface area contributed by atoms with Gasteiger partial charge in [-0.3, -0.25) is 4.79 Å². The fourth-order valence-corrected chi connectivity index (χ4v) is 3.40. The number of Topliss-reactive ketones (excluding diaryl/α,β-unsaturated/α-hetero) is 1. The number of carbonyl (C=O) groups excluding carboxylic acids is 4. The lowest BCUT2D eigenvalue weighted by molar-refractivity contribution is -0.140. The van der Waals surface area contributed by atoms with Crippen molar-refractivity contribution in [1.29, 1.82) is 0 Å². The third-order valence-corrected chi connectivity index (χ3v) is 5.28. The molecular formula is C25H25NO9. The zero-order valence-electron chi connectivity index (χ0n) is 19.7. The van der Waals surface area contributed by atoms with Gasteiger partial charge in [0, 0.05) is 11.3 Å². The summed E-state index contributed by atoms with van der Waals surface area (Å²) in [5.41, 5.74) is 1.04. The van der Waals surface area contributed by atoms with Crippen LogP contribution in [0.4, 0.5) is 5.69 Å². The van der Waals surface area contributed by atoms with Crippen molar-refractivity contribution in [3.63, 3.8) is 0 Å². The maximum atomic E-state index is 12.6. The predicted molar refractivity (Wildman–Crippen MR) is 123 cm³/mol. The molecule has 0 N–H and O–H groups in total. The average molecular weight is 483 g/mol. The molecule has 1 aliphatic heterocycles. The number of carbonyl (C=O) groups is 4. The maximum Gasteiger partial charge on any atom is 0.355 e. The first-order chi connectivity index (χ1) is 16.8. The minimum absolute atomic E-state index is 0.0138. The van der Waals surface area contributed by atoms with Gasteiger partial charge in [-0.15, -0.1) is 0 Å². The summed E-state index contributed by atoms with van der Waals surface area (Å²) in [5, 5.41) is 0. The predicted octanol–water partition coefficient (Wildman–Crippen LogP) is 2.52. The number of benzene rings is 2. The number of methoxy groups -OCH3 is 3. The van der Waals surface area contributed by atoms with E-state index in [9.17, 15) is 19.2 Å². The normalized spacial score (nSPS) is 14.1. The molecular weight excluding hydrogens is 458 g/mol. The Labute approximate surface area is 202 Å². The molecule has 0 radical (unpaired) electrons. The van der Waals surface area contributed by atoms with Crippen LogP contribution in [0.25, 0.3) is 0 Å². The Balaban J connectivity index is 1.76. The van der Waals surface area contributed by atoms with Crippen LogP contribution in [0.1, 0.15) is 27.6 Å². The first kappa shape index (κ1) is 25.4. The maximum absolute atomic E-state index is 12.6. The Hall–Kier alpha value is -4.18. The zero-order valence-corrected chi connectivity index (χ0v) is 19.7. The smallest absolute Gasteiger partial charge is 0.355 e. The first-order valence-corrected chi connectivity index (χ1v) is 10.5. The SMILES string of the molecule is COC(=O)C1=C(C(=O)OC)N(c2ccc(C(=O)OC(C)C(=O)c3ccc(OC)cc3)cc2)COC1. The second kappa shape index (κ2) is 11.3. The number of hydrogen-bond acceptors (Lipinski definition) is 10. The van der Waals surface area contributed by atoms with E-state index in [0.717, 1.165) is 0 Å². The van der Waals surface area contributed by atoms with Gasteiger partial charge in [0.05, 0.1) is 39.1 Å². The Morgan fingerprint density at radius 2 is 1.43 bits per heavy atom. The minimum Gasteiger partial charge on any atom is -0.497 e. The molecule has 35 heavy (non-hydrogen) atoms. The number of rotatable bonds is 8. The highest BCUT2D eigenvalue weighted by molar-refractivity contribution is 6.04. The van der Waals surface area contributed by atoms with Crippen LogP contribution in [0.2, 0.25) is 0 Å². The summed E-state index contributed by atoms with van der Waals surface area (Å²) >= 11 is 0. The number of esters is 3. The summed E-state index contributed by atoms with van der Waals surface area (Å²) in [7, 11) is 3.92. The topological polar surface area (TPSA) is 118 Å². The van der Waals surface area contributed by atoms with Crippen molar-refractivity contribution in [1.82, 2.24) is 0 Å². The minimum atomic E-state index is -1.01. The van der Waals surface area contributed by atoms with E-state index >= 15 is 0 Å². The molecule has 3 rings (SSSR count). The molecule has 0 bridgehead atoms. The van der Waals surface area contributed by atoms with Gasteiger partial charge in [0.1, 0.15) is 18.2 Å². The summed E-state index contributed by atoms with van der Waals surface area (Å²) < 4.78 is 25.4. The molecule has 0 spiro atoms. The van der Waals surface area contributed by atoms with Crippen LogP contribution >= 0.6 is 0 Å². The Bertz CT molecular complexity index is 1140. The van der Waals surface area contributed by atoms with Crippen molar-refractivity contribution in [3.05, 3.63) is 70.9 Å². The van der Waals surface area contributed by atoms with Crippen LogP contribution in [0.3, 0.4) is 0 Å². The lowest BCUT2D eigenvalue weighted by Gasteiger charge is -2.31. The van der Waals surface area contributed by atoms with Crippen LogP contribution in [-0.4, -0.2) is 64.5 Å². The van der Waals surface area contributed by atoms with Gasteiger partial charge in [-0.25, -0.2) is 14.4 Å². The van der Waals surface area contributed by atoms with E-state index in [2.05, 4.69) is 0 Å². The Morgan fingerprint density at radius 1 is 0.829 bits per heavy atom. The molecule has 0 aliphatic carbocycles. The molecule has 2 aromatic rings. The van der Waals surface area contributed by atoms with Crippen molar-refractivity contribution in [3.8, 4) is 5.75 Å². The lowest BCUT2D eigenvalue weighted by Crippen LogP contribution is -2.38. The molecule has 10 heteroatoms. The van der Waals surface area contributed by atoms with E-state index in [0.29, 0.717) is 17.0 Å². The summed E-state index contributed by atoms with van der Waals surface area (Å²) in [4.78, 5) is 51.1. The van der Waals surface area contributed by atoms with E-state index in [1.807, 2.05) is 0 Å². The van der Waals surface area contributed by atoms with E-state index in [4.69, 9.17) is 23.7 Å². The first-order valence-electron chi connectivity index (χ1n) is 10.5. The fraction of sp³-hybridized carbons (Fsp3) is 0.280. The number of ether oxygens (including phenoxy) is 5. The summed E-state index contributed by atoms with van der Waals surface area (Å²) in [5.74, 6) is -1.89. The molecule has 0 saturated carbocycles. The van der Waals surface area contributed by atoms with Crippen molar-refractivity contribution in [2.24, 2.45) is 0 Å². The van der Waals surface area contributed by atoms with Gasteiger partial charge < -0.3 is 28.6 Å². The largest absolute Gasteiger partial charge is 0.497 e. The van der Waals surface area contributed by atoms with Crippen molar-refractivity contribution in [2.75, 3.05) is 39.6 Å². The van der Waals surface area contributed by atoms with Crippen LogP contribution in [-0.2, 0) is 28.5 Å². The molecule has 0 amide bonds. The molecule has 1 aliphatic rings. The highest BCUT2D eigenvalue weighted by atomic mass is 16.5. The summed E-state index contributed by atoms with van der Waals surface area (Å²) in [6.07, 6.45) is -1.01. The van der Waals surface area contributed by atoms with Crippen LogP contribution in [0.5, 0.6) is 5.75 Å². The lowest BCUT2D eigenvalue weighted by atomic mass is 10.1. The van der Waals surface area contributed by atoms with Gasteiger partial charge in [0.25, 0.3) is 0 Å². The average Bonchev–Trinajstić information content (AvgIpc) is 2.91. The van der Waals surface area contributed by atoms with Crippen LogP contribution in [0.15, 0.2) is 59.8 Å².